The van der Waals surface area contributed by atoms with Crippen LogP contribution >= 0.6 is 11.3 Å². The first-order valence-corrected chi connectivity index (χ1v) is 12.0. The van der Waals surface area contributed by atoms with Crippen LogP contribution in [0.15, 0.2) is 30.3 Å². The third-order valence-corrected chi connectivity index (χ3v) is 7.77. The molecule has 32 heavy (non-hydrogen) atoms. The second-order valence-corrected chi connectivity index (χ2v) is 9.80. The first-order chi connectivity index (χ1) is 15.4. The molecule has 2 unspecified atom stereocenters. The molecule has 3 aromatic rings. The molecule has 0 radical (unpaired) electrons. The van der Waals surface area contributed by atoms with Crippen molar-refractivity contribution in [3.05, 3.63) is 47.5 Å². The monoisotopic (exact) mass is 454 g/mol. The van der Waals surface area contributed by atoms with Crippen LogP contribution in [-0.2, 0) is 0 Å². The Kier molecular flexibility index (Phi) is 5.49. The van der Waals surface area contributed by atoms with E-state index >= 15 is 0 Å². The fourth-order valence-corrected chi connectivity index (χ4v) is 5.88. The van der Waals surface area contributed by atoms with Crippen LogP contribution in [-0.4, -0.2) is 46.0 Å². The zero-order valence-electron chi connectivity index (χ0n) is 18.5. The summed E-state index contributed by atoms with van der Waals surface area (Å²) in [6.07, 6.45) is 2.08. The number of piperidine rings is 2. The average molecular weight is 455 g/mol. The number of nitrogens with one attached hydrogen (secondary N) is 1. The lowest BCUT2D eigenvalue weighted by Gasteiger charge is -2.57. The van der Waals surface area contributed by atoms with Crippen molar-refractivity contribution < 1.29 is 13.9 Å². The summed E-state index contributed by atoms with van der Waals surface area (Å²) in [5, 5.41) is 4.17. The summed E-state index contributed by atoms with van der Waals surface area (Å²) in [6.45, 7) is 7.10. The highest BCUT2D eigenvalue weighted by atomic mass is 32.1. The number of hydrogen-bond donors (Lipinski definition) is 1. The van der Waals surface area contributed by atoms with Gasteiger partial charge in [0.1, 0.15) is 5.82 Å². The summed E-state index contributed by atoms with van der Waals surface area (Å²) < 4.78 is 20.1. The van der Waals surface area contributed by atoms with Gasteiger partial charge in [-0.2, -0.15) is 0 Å². The number of carbonyl (C=O) groups excluding carboxylic acids is 1. The summed E-state index contributed by atoms with van der Waals surface area (Å²) >= 11 is 1.43. The SMILES string of the molecule is CCOc1ccc(C)nc1C(=O)N1C2CC(C2)C(C)C1CNc1nc2ccc(F)cc2s1. The molecule has 3 aliphatic rings. The number of nitrogens with zero attached hydrogens (tertiary/aromatic N) is 3. The van der Waals surface area contributed by atoms with E-state index in [1.165, 1.54) is 23.5 Å². The molecule has 6 rings (SSSR count). The van der Waals surface area contributed by atoms with E-state index in [0.717, 1.165) is 33.9 Å². The second kappa shape index (κ2) is 8.31. The van der Waals surface area contributed by atoms with E-state index in [-0.39, 0.29) is 23.8 Å². The highest BCUT2D eigenvalue weighted by Crippen LogP contribution is 2.47. The third-order valence-electron chi connectivity index (χ3n) is 6.80. The van der Waals surface area contributed by atoms with Gasteiger partial charge in [-0.3, -0.25) is 4.79 Å². The molecule has 1 N–H and O–H groups in total. The van der Waals surface area contributed by atoms with Crippen molar-refractivity contribution in [1.29, 1.82) is 0 Å². The molecule has 1 aliphatic carbocycles. The van der Waals surface area contributed by atoms with Crippen molar-refractivity contribution in [2.24, 2.45) is 11.8 Å². The molecule has 1 saturated carbocycles. The Bertz CT molecular complexity index is 1160. The van der Waals surface area contributed by atoms with Gasteiger partial charge < -0.3 is 15.0 Å². The van der Waals surface area contributed by atoms with E-state index in [0.29, 0.717) is 36.4 Å². The number of fused-ring (bicyclic) bond motifs is 3. The lowest BCUT2D eigenvalue weighted by molar-refractivity contribution is -0.0506. The second-order valence-electron chi connectivity index (χ2n) is 8.77. The molecular formula is C24H27FN4O2S. The number of carbonyl (C=O) groups is 1. The van der Waals surface area contributed by atoms with Gasteiger partial charge in [0.2, 0.25) is 0 Å². The van der Waals surface area contributed by atoms with Crippen molar-refractivity contribution in [2.45, 2.75) is 45.7 Å². The van der Waals surface area contributed by atoms with Crippen LogP contribution in [0.3, 0.4) is 0 Å². The standard InChI is InChI=1S/C24H27FN4O2S/c1-4-31-20-8-5-13(2)27-22(20)23(30)29-17-9-15(10-17)14(3)19(29)12-26-24-28-18-7-6-16(25)11-21(18)32-24/h5-8,11,14-15,17,19H,4,9-10,12H2,1-3H3,(H,26,28). The summed E-state index contributed by atoms with van der Waals surface area (Å²) in [5.41, 5.74) is 1.96. The number of amides is 1. The number of aromatic nitrogens is 2. The number of halogens is 1. The third kappa shape index (κ3) is 3.70. The molecule has 2 bridgehead atoms. The van der Waals surface area contributed by atoms with Crippen molar-refractivity contribution in [3.8, 4) is 5.75 Å². The molecular weight excluding hydrogens is 427 g/mol. The summed E-state index contributed by atoms with van der Waals surface area (Å²) in [6, 6.07) is 8.59. The molecule has 2 aromatic heterocycles. The molecule has 1 amide bonds. The number of thiazole rings is 1. The van der Waals surface area contributed by atoms with Gasteiger partial charge in [0.25, 0.3) is 5.91 Å². The number of rotatable bonds is 6. The van der Waals surface area contributed by atoms with Gasteiger partial charge in [-0.1, -0.05) is 18.3 Å². The molecule has 2 atom stereocenters. The highest BCUT2D eigenvalue weighted by Gasteiger charge is 2.51. The van der Waals surface area contributed by atoms with Gasteiger partial charge in [0.15, 0.2) is 16.6 Å². The van der Waals surface area contributed by atoms with Gasteiger partial charge >= 0.3 is 0 Å². The predicted octanol–water partition coefficient (Wildman–Crippen LogP) is 4.89. The van der Waals surface area contributed by atoms with Crippen molar-refractivity contribution in [1.82, 2.24) is 14.9 Å². The van der Waals surface area contributed by atoms with Crippen molar-refractivity contribution in [3.63, 3.8) is 0 Å². The Morgan fingerprint density at radius 1 is 1.28 bits per heavy atom. The summed E-state index contributed by atoms with van der Waals surface area (Å²) in [7, 11) is 0. The fourth-order valence-electron chi connectivity index (χ4n) is 4.98. The Morgan fingerprint density at radius 2 is 2.09 bits per heavy atom. The van der Waals surface area contributed by atoms with Gasteiger partial charge in [-0.25, -0.2) is 14.4 Å². The van der Waals surface area contributed by atoms with Crippen LogP contribution in [0.5, 0.6) is 5.75 Å². The van der Waals surface area contributed by atoms with E-state index in [2.05, 4.69) is 22.2 Å². The number of aryl methyl sites for hydroxylation is 1. The van der Waals surface area contributed by atoms with Crippen molar-refractivity contribution in [2.75, 3.05) is 18.5 Å². The maximum absolute atomic E-state index is 13.7. The van der Waals surface area contributed by atoms with E-state index in [4.69, 9.17) is 4.74 Å². The van der Waals surface area contributed by atoms with Gasteiger partial charge in [0.05, 0.1) is 22.9 Å². The minimum Gasteiger partial charge on any atom is -0.491 e. The smallest absolute Gasteiger partial charge is 0.276 e. The van der Waals surface area contributed by atoms with E-state index in [9.17, 15) is 9.18 Å². The summed E-state index contributed by atoms with van der Waals surface area (Å²) in [4.78, 5) is 24.9. The Hall–Kier alpha value is -2.74. The first kappa shape index (κ1) is 21.1. The normalized spacial score (nSPS) is 24.3. The topological polar surface area (TPSA) is 67.3 Å². The zero-order valence-corrected chi connectivity index (χ0v) is 19.3. The first-order valence-electron chi connectivity index (χ1n) is 11.2. The van der Waals surface area contributed by atoms with Gasteiger partial charge in [0, 0.05) is 18.3 Å². The highest BCUT2D eigenvalue weighted by molar-refractivity contribution is 7.22. The number of pyridine rings is 1. The predicted molar refractivity (Wildman–Crippen MR) is 124 cm³/mol. The number of benzene rings is 1. The quantitative estimate of drug-likeness (QED) is 0.575. The number of anilines is 1. The van der Waals surface area contributed by atoms with Crippen LogP contribution in [0.4, 0.5) is 9.52 Å². The van der Waals surface area contributed by atoms with Gasteiger partial charge in [-0.15, -0.1) is 0 Å². The lowest BCUT2D eigenvalue weighted by Crippen LogP contribution is -2.64. The van der Waals surface area contributed by atoms with Crippen LogP contribution in [0.1, 0.15) is 42.9 Å². The van der Waals surface area contributed by atoms with Crippen LogP contribution in [0.2, 0.25) is 0 Å². The Balaban J connectivity index is 1.40. The summed E-state index contributed by atoms with van der Waals surface area (Å²) in [5.74, 6) is 1.21. The Morgan fingerprint density at radius 3 is 2.88 bits per heavy atom. The van der Waals surface area contributed by atoms with Crippen LogP contribution in [0, 0.1) is 24.6 Å². The minimum atomic E-state index is -0.263. The molecule has 4 heterocycles. The van der Waals surface area contributed by atoms with E-state index in [1.807, 2.05) is 30.9 Å². The largest absolute Gasteiger partial charge is 0.491 e. The van der Waals surface area contributed by atoms with E-state index in [1.54, 1.807) is 6.07 Å². The lowest BCUT2D eigenvalue weighted by atomic mass is 9.64. The van der Waals surface area contributed by atoms with Crippen LogP contribution < -0.4 is 10.1 Å². The van der Waals surface area contributed by atoms with E-state index < -0.39 is 0 Å². The molecule has 168 valence electrons. The molecule has 8 heteroatoms. The van der Waals surface area contributed by atoms with Crippen molar-refractivity contribution >= 4 is 32.6 Å². The molecule has 0 spiro atoms. The minimum absolute atomic E-state index is 0.0283. The molecule has 3 fully saturated rings. The number of ether oxygens (including phenoxy) is 1. The Labute approximate surface area is 190 Å². The maximum atomic E-state index is 13.7. The van der Waals surface area contributed by atoms with Crippen LogP contribution in [0.25, 0.3) is 10.2 Å². The fraction of sp³-hybridized carbons (Fsp3) is 0.458. The molecule has 6 nitrogen and oxygen atoms in total. The molecule has 2 aliphatic heterocycles. The molecule has 1 aromatic carbocycles. The number of hydrogen-bond acceptors (Lipinski definition) is 6. The maximum Gasteiger partial charge on any atom is 0.276 e. The van der Waals surface area contributed by atoms with Gasteiger partial charge in [-0.05, 0) is 68.9 Å². The average Bonchev–Trinajstić information content (AvgIpc) is 3.14. The molecule has 2 saturated heterocycles. The zero-order chi connectivity index (χ0) is 22.4.